The number of nitrogens with zero attached hydrogens (tertiary/aromatic N) is 2. The van der Waals surface area contributed by atoms with Gasteiger partial charge in [0.2, 0.25) is 0 Å². The number of aliphatic carboxylic acids is 1. The van der Waals surface area contributed by atoms with Crippen molar-refractivity contribution in [3.63, 3.8) is 0 Å². The molecule has 108 valence electrons. The second-order valence-corrected chi connectivity index (χ2v) is 5.63. The molecule has 0 spiro atoms. The Balaban J connectivity index is 2.14. The predicted octanol–water partition coefficient (Wildman–Crippen LogP) is 2.98. The highest BCUT2D eigenvalue weighted by Crippen LogP contribution is 2.30. The van der Waals surface area contributed by atoms with Gasteiger partial charge in [-0.2, -0.15) is 0 Å². The maximum atomic E-state index is 10.8. The maximum Gasteiger partial charge on any atom is 0.317 e. The minimum atomic E-state index is -0.910. The van der Waals surface area contributed by atoms with Crippen molar-refractivity contribution in [3.8, 4) is 22.9 Å². The number of hydrogen-bond donors (Lipinski definition) is 1. The van der Waals surface area contributed by atoms with Crippen LogP contribution in [0.5, 0.6) is 0 Å². The second kappa shape index (κ2) is 7.23. The Morgan fingerprint density at radius 1 is 1.48 bits per heavy atom. The average Bonchev–Trinajstić information content (AvgIpc) is 2.87. The Kier molecular flexibility index (Phi) is 5.34. The van der Waals surface area contributed by atoms with Gasteiger partial charge in [0, 0.05) is 17.5 Å². The van der Waals surface area contributed by atoms with Crippen LogP contribution in [-0.2, 0) is 11.3 Å². The van der Waals surface area contributed by atoms with Crippen LogP contribution in [-0.4, -0.2) is 34.0 Å². The normalized spacial score (nSPS) is 10.5. The van der Waals surface area contributed by atoms with Gasteiger partial charge in [-0.15, -0.1) is 17.8 Å². The molecule has 0 fully saturated rings. The average molecular weight is 321 g/mol. The van der Waals surface area contributed by atoms with Gasteiger partial charge in [-0.3, -0.25) is 9.69 Å². The molecule has 0 amide bonds. The molecule has 0 bridgehead atoms. The number of thiazole rings is 1. The van der Waals surface area contributed by atoms with E-state index in [-0.39, 0.29) is 13.1 Å². The molecule has 6 heteroatoms. The molecule has 2 rings (SSSR count). The molecule has 1 aromatic heterocycles. The molecule has 0 aliphatic heterocycles. The lowest BCUT2D eigenvalue weighted by molar-refractivity contribution is -0.138. The van der Waals surface area contributed by atoms with Crippen molar-refractivity contribution in [2.24, 2.45) is 0 Å². The van der Waals surface area contributed by atoms with Gasteiger partial charge in [0.15, 0.2) is 0 Å². The van der Waals surface area contributed by atoms with Gasteiger partial charge >= 0.3 is 5.97 Å². The minimum Gasteiger partial charge on any atom is -0.480 e. The highest BCUT2D eigenvalue weighted by Gasteiger charge is 2.13. The number of carboxylic acid groups (broad SMARTS) is 1. The van der Waals surface area contributed by atoms with Crippen molar-refractivity contribution in [2.45, 2.75) is 6.54 Å². The Morgan fingerprint density at radius 3 is 2.90 bits per heavy atom. The Hall–Kier alpha value is -1.87. The molecule has 0 atom stereocenters. The molecule has 0 aliphatic rings. The molecule has 0 saturated carbocycles. The summed E-state index contributed by atoms with van der Waals surface area (Å²) >= 11 is 7.62. The van der Waals surface area contributed by atoms with Crippen LogP contribution in [0.3, 0.4) is 0 Å². The summed E-state index contributed by atoms with van der Waals surface area (Å²) in [6, 6.07) is 7.48. The Labute approximate surface area is 132 Å². The molecule has 0 aliphatic carbocycles. The van der Waals surface area contributed by atoms with Crippen LogP contribution in [0.2, 0.25) is 5.02 Å². The summed E-state index contributed by atoms with van der Waals surface area (Å²) in [7, 11) is 0. The van der Waals surface area contributed by atoms with E-state index in [0.717, 1.165) is 16.3 Å². The number of rotatable bonds is 6. The van der Waals surface area contributed by atoms with Gasteiger partial charge in [-0.25, -0.2) is 4.98 Å². The quantitative estimate of drug-likeness (QED) is 0.831. The van der Waals surface area contributed by atoms with Gasteiger partial charge in [-0.05, 0) is 6.07 Å². The largest absolute Gasteiger partial charge is 0.480 e. The van der Waals surface area contributed by atoms with Crippen LogP contribution in [0.1, 0.15) is 5.69 Å². The molecule has 0 unspecified atom stereocenters. The fourth-order valence-electron chi connectivity index (χ4n) is 1.86. The first kappa shape index (κ1) is 15.5. The van der Waals surface area contributed by atoms with E-state index < -0.39 is 5.97 Å². The van der Waals surface area contributed by atoms with Gasteiger partial charge in [0.1, 0.15) is 5.01 Å². The summed E-state index contributed by atoms with van der Waals surface area (Å²) in [5, 5.41) is 12.2. The van der Waals surface area contributed by atoms with Crippen molar-refractivity contribution in [1.29, 1.82) is 0 Å². The van der Waals surface area contributed by atoms with E-state index in [1.165, 1.54) is 11.3 Å². The summed E-state index contributed by atoms with van der Waals surface area (Å²) in [6.07, 6.45) is 5.26. The van der Waals surface area contributed by atoms with Crippen molar-refractivity contribution < 1.29 is 9.90 Å². The first-order valence-electron chi connectivity index (χ1n) is 6.17. The number of terminal acetylenes is 1. The zero-order valence-corrected chi connectivity index (χ0v) is 12.7. The molecule has 21 heavy (non-hydrogen) atoms. The topological polar surface area (TPSA) is 53.4 Å². The summed E-state index contributed by atoms with van der Waals surface area (Å²) in [5.41, 5.74) is 1.66. The summed E-state index contributed by atoms with van der Waals surface area (Å²) in [5.74, 6) is 1.55. The lowest BCUT2D eigenvalue weighted by Gasteiger charge is -2.15. The van der Waals surface area contributed by atoms with Crippen LogP contribution in [0.25, 0.3) is 10.6 Å². The molecular weight excluding hydrogens is 308 g/mol. The molecule has 1 aromatic carbocycles. The third-order valence-electron chi connectivity index (χ3n) is 2.72. The molecule has 1 heterocycles. The molecule has 0 radical (unpaired) electrons. The lowest BCUT2D eigenvalue weighted by Crippen LogP contribution is -2.29. The highest BCUT2D eigenvalue weighted by molar-refractivity contribution is 7.13. The highest BCUT2D eigenvalue weighted by atomic mass is 35.5. The maximum absolute atomic E-state index is 10.8. The SMILES string of the molecule is C#CCN(CC(=O)O)Cc1csc(-c2ccccc2Cl)n1. The lowest BCUT2D eigenvalue weighted by atomic mass is 10.2. The van der Waals surface area contributed by atoms with E-state index >= 15 is 0 Å². The molecular formula is C15H13ClN2O2S. The number of carbonyl (C=O) groups is 1. The predicted molar refractivity (Wildman–Crippen MR) is 84.3 cm³/mol. The van der Waals surface area contributed by atoms with Crippen LogP contribution in [0, 0.1) is 12.3 Å². The van der Waals surface area contributed by atoms with Crippen LogP contribution >= 0.6 is 22.9 Å². The first-order valence-corrected chi connectivity index (χ1v) is 7.43. The number of benzene rings is 1. The fourth-order valence-corrected chi connectivity index (χ4v) is 2.99. The summed E-state index contributed by atoms with van der Waals surface area (Å²) < 4.78 is 0. The zero-order valence-electron chi connectivity index (χ0n) is 11.1. The van der Waals surface area contributed by atoms with E-state index in [9.17, 15) is 4.79 Å². The Morgan fingerprint density at radius 2 is 2.24 bits per heavy atom. The second-order valence-electron chi connectivity index (χ2n) is 4.37. The van der Waals surface area contributed by atoms with Crippen molar-refractivity contribution in [3.05, 3.63) is 40.4 Å². The molecule has 1 N–H and O–H groups in total. The van der Waals surface area contributed by atoms with E-state index in [1.807, 2.05) is 29.6 Å². The van der Waals surface area contributed by atoms with Crippen LogP contribution in [0.15, 0.2) is 29.6 Å². The standard InChI is InChI=1S/C15H13ClN2O2S/c1-2-7-18(9-14(19)20)8-11-10-21-15(17-11)12-5-3-4-6-13(12)16/h1,3-6,10H,7-9H2,(H,19,20). The van der Waals surface area contributed by atoms with Gasteiger partial charge in [0.25, 0.3) is 0 Å². The van der Waals surface area contributed by atoms with E-state index in [2.05, 4.69) is 10.9 Å². The van der Waals surface area contributed by atoms with Crippen LogP contribution < -0.4 is 0 Å². The number of hydrogen-bond acceptors (Lipinski definition) is 4. The van der Waals surface area contributed by atoms with Gasteiger partial charge in [0.05, 0.1) is 23.8 Å². The number of carboxylic acids is 1. The first-order chi connectivity index (χ1) is 10.1. The third-order valence-corrected chi connectivity index (χ3v) is 3.97. The van der Waals surface area contributed by atoms with Gasteiger partial charge < -0.3 is 5.11 Å². The Bertz CT molecular complexity index is 678. The molecule has 4 nitrogen and oxygen atoms in total. The van der Waals surface area contributed by atoms with Crippen molar-refractivity contribution in [1.82, 2.24) is 9.88 Å². The number of aromatic nitrogens is 1. The smallest absolute Gasteiger partial charge is 0.317 e. The van der Waals surface area contributed by atoms with Crippen molar-refractivity contribution in [2.75, 3.05) is 13.1 Å². The molecule has 2 aromatic rings. The minimum absolute atomic E-state index is 0.108. The number of halogens is 1. The van der Waals surface area contributed by atoms with E-state index in [0.29, 0.717) is 11.6 Å². The third kappa shape index (κ3) is 4.30. The zero-order chi connectivity index (χ0) is 15.2. The monoisotopic (exact) mass is 320 g/mol. The van der Waals surface area contributed by atoms with Crippen molar-refractivity contribution >= 4 is 28.9 Å². The van der Waals surface area contributed by atoms with E-state index in [4.69, 9.17) is 23.1 Å². The summed E-state index contributed by atoms with van der Waals surface area (Å²) in [4.78, 5) is 16.9. The van der Waals surface area contributed by atoms with E-state index in [1.54, 1.807) is 4.90 Å². The fraction of sp³-hybridized carbons (Fsp3) is 0.200. The molecule has 0 saturated heterocycles. The van der Waals surface area contributed by atoms with Gasteiger partial charge in [-0.1, -0.05) is 35.7 Å². The summed E-state index contributed by atoms with van der Waals surface area (Å²) in [6.45, 7) is 0.561. The van der Waals surface area contributed by atoms with Crippen LogP contribution in [0.4, 0.5) is 0 Å².